The highest BCUT2D eigenvalue weighted by Crippen LogP contribution is 2.23. The van der Waals surface area contributed by atoms with Gasteiger partial charge in [0.2, 0.25) is 0 Å². The number of halogens is 1. The first-order valence-electron chi connectivity index (χ1n) is 4.94. The second kappa shape index (κ2) is 5.89. The van der Waals surface area contributed by atoms with Crippen LogP contribution in [0.3, 0.4) is 0 Å². The number of benzene rings is 1. The van der Waals surface area contributed by atoms with Gasteiger partial charge in [0.05, 0.1) is 14.2 Å². The minimum Gasteiger partial charge on any atom is -0.496 e. The average molecular weight is 287 g/mol. The zero-order valence-electron chi connectivity index (χ0n) is 9.62. The van der Waals surface area contributed by atoms with E-state index in [0.717, 1.165) is 16.9 Å². The van der Waals surface area contributed by atoms with Gasteiger partial charge in [-0.2, -0.15) is 0 Å². The summed E-state index contributed by atoms with van der Waals surface area (Å²) >= 11 is 3.30. The lowest BCUT2D eigenvalue weighted by atomic mass is 10.1. The van der Waals surface area contributed by atoms with Crippen LogP contribution in [0.5, 0.6) is 5.75 Å². The molecular weight excluding hydrogens is 272 g/mol. The van der Waals surface area contributed by atoms with Crippen molar-refractivity contribution in [1.29, 1.82) is 0 Å². The number of rotatable bonds is 4. The Morgan fingerprint density at radius 1 is 1.44 bits per heavy atom. The molecule has 0 aliphatic heterocycles. The Morgan fingerprint density at radius 3 is 2.69 bits per heavy atom. The van der Waals surface area contributed by atoms with Crippen molar-refractivity contribution in [2.24, 2.45) is 0 Å². The zero-order chi connectivity index (χ0) is 12.1. The van der Waals surface area contributed by atoms with Crippen molar-refractivity contribution >= 4 is 21.9 Å². The highest BCUT2D eigenvalue weighted by atomic mass is 79.9. The molecule has 0 aromatic heterocycles. The van der Waals surface area contributed by atoms with Crippen molar-refractivity contribution < 1.29 is 14.3 Å². The Morgan fingerprint density at radius 2 is 2.12 bits per heavy atom. The molecule has 0 aliphatic rings. The molecule has 1 aromatic carbocycles. The van der Waals surface area contributed by atoms with Crippen LogP contribution in [0.1, 0.15) is 11.1 Å². The van der Waals surface area contributed by atoms with Gasteiger partial charge in [-0.25, -0.2) is 0 Å². The lowest BCUT2D eigenvalue weighted by Gasteiger charge is -2.12. The maximum absolute atomic E-state index is 11.3. The third kappa shape index (κ3) is 3.23. The summed E-state index contributed by atoms with van der Waals surface area (Å²) in [6, 6.07) is 5.89. The minimum absolute atomic E-state index is 0.274. The van der Waals surface area contributed by atoms with Crippen molar-refractivity contribution in [1.82, 2.24) is 0 Å². The molecule has 16 heavy (non-hydrogen) atoms. The normalized spacial score (nSPS) is 12.0. The summed E-state index contributed by atoms with van der Waals surface area (Å²) in [6.07, 6.45) is 0.553. The van der Waals surface area contributed by atoms with Crippen LogP contribution in [0, 0.1) is 6.92 Å². The van der Waals surface area contributed by atoms with E-state index >= 15 is 0 Å². The Kier molecular flexibility index (Phi) is 4.80. The van der Waals surface area contributed by atoms with Crippen molar-refractivity contribution in [3.05, 3.63) is 29.3 Å². The van der Waals surface area contributed by atoms with Gasteiger partial charge in [-0.15, -0.1) is 0 Å². The molecule has 0 bridgehead atoms. The van der Waals surface area contributed by atoms with Gasteiger partial charge in [-0.3, -0.25) is 4.79 Å². The van der Waals surface area contributed by atoms with E-state index in [4.69, 9.17) is 4.74 Å². The predicted octanol–water partition coefficient (Wildman–Crippen LogP) is 2.48. The Hall–Kier alpha value is -1.03. The van der Waals surface area contributed by atoms with Crippen LogP contribution in [0.15, 0.2) is 18.2 Å². The van der Waals surface area contributed by atoms with E-state index in [1.54, 1.807) is 7.11 Å². The first-order valence-corrected chi connectivity index (χ1v) is 5.85. The molecule has 1 unspecified atom stereocenters. The van der Waals surface area contributed by atoms with Crippen molar-refractivity contribution in [2.75, 3.05) is 14.2 Å². The summed E-state index contributed by atoms with van der Waals surface area (Å²) < 4.78 is 9.90. The van der Waals surface area contributed by atoms with Gasteiger partial charge in [-0.1, -0.05) is 33.6 Å². The van der Waals surface area contributed by atoms with Gasteiger partial charge in [0.15, 0.2) is 0 Å². The number of carbonyl (C=O) groups excluding carboxylic acids is 1. The molecule has 1 rings (SSSR count). The van der Waals surface area contributed by atoms with E-state index in [0.29, 0.717) is 6.42 Å². The number of ether oxygens (including phenoxy) is 2. The Balaban J connectivity index is 2.86. The van der Waals surface area contributed by atoms with Crippen molar-refractivity contribution in [3.63, 3.8) is 0 Å². The van der Waals surface area contributed by atoms with Crippen LogP contribution in [0.4, 0.5) is 0 Å². The molecule has 0 aliphatic carbocycles. The summed E-state index contributed by atoms with van der Waals surface area (Å²) in [5.41, 5.74) is 2.13. The van der Waals surface area contributed by atoms with Gasteiger partial charge in [0.25, 0.3) is 0 Å². The van der Waals surface area contributed by atoms with E-state index in [9.17, 15) is 4.79 Å². The summed E-state index contributed by atoms with van der Waals surface area (Å²) in [7, 11) is 3.00. The number of alkyl halides is 1. The third-order valence-electron chi connectivity index (χ3n) is 2.29. The molecule has 0 saturated carbocycles. The molecule has 0 spiro atoms. The lowest BCUT2D eigenvalue weighted by Crippen LogP contribution is -2.18. The van der Waals surface area contributed by atoms with Gasteiger partial charge in [0.1, 0.15) is 10.6 Å². The molecule has 0 amide bonds. The van der Waals surface area contributed by atoms with Crippen LogP contribution in [0.25, 0.3) is 0 Å². The SMILES string of the molecule is COC(=O)C(Br)Cc1cc(C)ccc1OC. The summed E-state index contributed by atoms with van der Waals surface area (Å²) in [5.74, 6) is 0.516. The smallest absolute Gasteiger partial charge is 0.319 e. The van der Waals surface area contributed by atoms with Crippen molar-refractivity contribution in [2.45, 2.75) is 18.2 Å². The highest BCUT2D eigenvalue weighted by molar-refractivity contribution is 9.10. The standard InChI is InChI=1S/C12H15BrO3/c1-8-4-5-11(15-2)9(6-8)7-10(13)12(14)16-3/h4-6,10H,7H2,1-3H3. The van der Waals surface area contributed by atoms with E-state index in [2.05, 4.69) is 20.7 Å². The largest absolute Gasteiger partial charge is 0.496 e. The summed E-state index contributed by atoms with van der Waals surface area (Å²) in [5, 5.41) is 0. The quantitative estimate of drug-likeness (QED) is 0.630. The van der Waals surface area contributed by atoms with Crippen molar-refractivity contribution in [3.8, 4) is 5.75 Å². The molecule has 4 heteroatoms. The first kappa shape index (κ1) is 13.0. The van der Waals surface area contributed by atoms with E-state index < -0.39 is 0 Å². The molecule has 3 nitrogen and oxygen atoms in total. The van der Waals surface area contributed by atoms with Crippen LogP contribution in [0.2, 0.25) is 0 Å². The minimum atomic E-state index is -0.340. The molecule has 0 fully saturated rings. The van der Waals surface area contributed by atoms with Gasteiger partial charge in [-0.05, 0) is 25.0 Å². The van der Waals surface area contributed by atoms with E-state index in [-0.39, 0.29) is 10.8 Å². The number of esters is 1. The molecule has 88 valence electrons. The highest BCUT2D eigenvalue weighted by Gasteiger charge is 2.17. The first-order chi connectivity index (χ1) is 7.58. The third-order valence-corrected chi connectivity index (χ3v) is 2.99. The monoisotopic (exact) mass is 286 g/mol. The lowest BCUT2D eigenvalue weighted by molar-refractivity contribution is -0.139. The molecule has 0 radical (unpaired) electrons. The maximum atomic E-state index is 11.3. The van der Waals surface area contributed by atoms with Crippen LogP contribution >= 0.6 is 15.9 Å². The molecule has 1 aromatic rings. The van der Waals surface area contributed by atoms with Crippen LogP contribution in [-0.4, -0.2) is 25.0 Å². The van der Waals surface area contributed by atoms with Gasteiger partial charge >= 0.3 is 5.97 Å². The fourth-order valence-electron chi connectivity index (χ4n) is 1.47. The van der Waals surface area contributed by atoms with E-state index in [1.165, 1.54) is 7.11 Å². The average Bonchev–Trinajstić information content (AvgIpc) is 2.28. The van der Waals surface area contributed by atoms with Crippen LogP contribution in [-0.2, 0) is 16.0 Å². The Bertz CT molecular complexity index is 377. The van der Waals surface area contributed by atoms with Crippen LogP contribution < -0.4 is 4.74 Å². The molecule has 0 saturated heterocycles. The number of carbonyl (C=O) groups is 1. The fraction of sp³-hybridized carbons (Fsp3) is 0.417. The van der Waals surface area contributed by atoms with Gasteiger partial charge < -0.3 is 9.47 Å². The fourth-order valence-corrected chi connectivity index (χ4v) is 2.01. The number of hydrogen-bond acceptors (Lipinski definition) is 3. The summed E-state index contributed by atoms with van der Waals surface area (Å²) in [4.78, 5) is 11.0. The second-order valence-electron chi connectivity index (χ2n) is 3.51. The predicted molar refractivity (Wildman–Crippen MR) is 66.2 cm³/mol. The molecule has 0 N–H and O–H groups in total. The van der Waals surface area contributed by atoms with Gasteiger partial charge in [0, 0.05) is 0 Å². The zero-order valence-corrected chi connectivity index (χ0v) is 11.2. The molecule has 1 atom stereocenters. The summed E-state index contributed by atoms with van der Waals surface area (Å²) in [6.45, 7) is 2.00. The Labute approximate surface area is 104 Å². The maximum Gasteiger partial charge on any atom is 0.319 e. The number of methoxy groups -OCH3 is 2. The number of aryl methyl sites for hydroxylation is 1. The molecular formula is C12H15BrO3. The topological polar surface area (TPSA) is 35.5 Å². The van der Waals surface area contributed by atoms with E-state index in [1.807, 2.05) is 25.1 Å². The molecule has 0 heterocycles. The number of hydrogen-bond donors (Lipinski definition) is 0. The second-order valence-corrected chi connectivity index (χ2v) is 4.62.